The lowest BCUT2D eigenvalue weighted by molar-refractivity contribution is -0.114. The number of hydrogen-bond acceptors (Lipinski definition) is 2. The van der Waals surface area contributed by atoms with Gasteiger partial charge in [-0.3, -0.25) is 4.79 Å². The zero-order valence-electron chi connectivity index (χ0n) is 6.77. The first-order valence-electron chi connectivity index (χ1n) is 3.53. The summed E-state index contributed by atoms with van der Waals surface area (Å²) in [6.07, 6.45) is 1.64. The second-order valence-corrected chi connectivity index (χ2v) is 2.89. The molecule has 0 atom stereocenters. The van der Waals surface area contributed by atoms with Crippen molar-refractivity contribution in [1.82, 2.24) is 4.90 Å². The minimum absolute atomic E-state index is 0.309. The zero-order valence-corrected chi connectivity index (χ0v) is 6.77. The van der Waals surface area contributed by atoms with Gasteiger partial charge >= 0.3 is 0 Å². The van der Waals surface area contributed by atoms with E-state index in [1.807, 2.05) is 25.9 Å². The number of rotatable bonds is 1. The second-order valence-electron chi connectivity index (χ2n) is 2.89. The largest absolute Gasteiger partial charge is 0.381 e. The summed E-state index contributed by atoms with van der Waals surface area (Å²) in [4.78, 5) is 13.0. The molecule has 0 unspecified atom stereocenters. The molecule has 0 saturated carbocycles. The molecule has 0 N–H and O–H groups in total. The van der Waals surface area contributed by atoms with Crippen molar-refractivity contribution in [3.05, 3.63) is 11.3 Å². The van der Waals surface area contributed by atoms with Crippen LogP contribution in [0.4, 0.5) is 0 Å². The predicted molar refractivity (Wildman–Crippen MR) is 40.6 cm³/mol. The van der Waals surface area contributed by atoms with Crippen molar-refractivity contribution in [1.29, 1.82) is 0 Å². The molecule has 0 fully saturated rings. The van der Waals surface area contributed by atoms with E-state index >= 15 is 0 Å². The van der Waals surface area contributed by atoms with Crippen LogP contribution in [0.3, 0.4) is 0 Å². The third kappa shape index (κ3) is 1.06. The Balaban J connectivity index is 2.85. The van der Waals surface area contributed by atoms with Crippen molar-refractivity contribution in [2.75, 3.05) is 14.1 Å². The van der Waals surface area contributed by atoms with Crippen LogP contribution < -0.4 is 0 Å². The SMILES string of the molecule is CC1=C(N(C)C)CCC1=O. The average molecular weight is 139 g/mol. The number of carbonyl (C=O) groups excluding carboxylic acids is 1. The van der Waals surface area contributed by atoms with Gasteiger partial charge in [0.05, 0.1) is 0 Å². The van der Waals surface area contributed by atoms with Crippen LogP contribution in [0.1, 0.15) is 19.8 Å². The fraction of sp³-hybridized carbons (Fsp3) is 0.625. The van der Waals surface area contributed by atoms with Crippen LogP contribution in [0.2, 0.25) is 0 Å². The Morgan fingerprint density at radius 1 is 1.30 bits per heavy atom. The Labute approximate surface area is 61.5 Å². The van der Waals surface area contributed by atoms with E-state index in [0.29, 0.717) is 12.2 Å². The molecule has 0 heterocycles. The summed E-state index contributed by atoms with van der Waals surface area (Å²) in [7, 11) is 3.97. The lowest BCUT2D eigenvalue weighted by Crippen LogP contribution is -2.10. The number of carbonyl (C=O) groups is 1. The van der Waals surface area contributed by atoms with Crippen LogP contribution in [0.15, 0.2) is 11.3 Å². The number of ketones is 1. The zero-order chi connectivity index (χ0) is 7.72. The highest BCUT2D eigenvalue weighted by molar-refractivity contribution is 5.97. The van der Waals surface area contributed by atoms with Gasteiger partial charge in [0, 0.05) is 31.8 Å². The topological polar surface area (TPSA) is 20.3 Å². The molecule has 0 aromatic heterocycles. The Morgan fingerprint density at radius 2 is 1.90 bits per heavy atom. The lowest BCUT2D eigenvalue weighted by atomic mass is 10.2. The molecular formula is C8H13NO. The number of nitrogens with zero attached hydrogens (tertiary/aromatic N) is 1. The average Bonchev–Trinajstić information content (AvgIpc) is 2.14. The lowest BCUT2D eigenvalue weighted by Gasteiger charge is -2.13. The molecule has 0 bridgehead atoms. The van der Waals surface area contributed by atoms with Gasteiger partial charge in [-0.05, 0) is 13.3 Å². The Bertz CT molecular complexity index is 191. The first-order valence-corrected chi connectivity index (χ1v) is 3.53. The standard InChI is InChI=1S/C8H13NO/c1-6-7(9(2)3)4-5-8(6)10/h4-5H2,1-3H3. The highest BCUT2D eigenvalue weighted by Crippen LogP contribution is 2.23. The van der Waals surface area contributed by atoms with Crippen LogP contribution >= 0.6 is 0 Å². The van der Waals surface area contributed by atoms with Crippen molar-refractivity contribution in [3.63, 3.8) is 0 Å². The quantitative estimate of drug-likeness (QED) is 0.543. The summed E-state index contributed by atoms with van der Waals surface area (Å²) in [5.41, 5.74) is 2.15. The van der Waals surface area contributed by atoms with E-state index in [0.717, 1.165) is 12.0 Å². The van der Waals surface area contributed by atoms with E-state index in [9.17, 15) is 4.79 Å². The minimum atomic E-state index is 0.309. The summed E-state index contributed by atoms with van der Waals surface area (Å²) in [6, 6.07) is 0. The number of hydrogen-bond donors (Lipinski definition) is 0. The van der Waals surface area contributed by atoms with E-state index in [1.165, 1.54) is 5.70 Å². The molecule has 2 nitrogen and oxygen atoms in total. The van der Waals surface area contributed by atoms with E-state index in [2.05, 4.69) is 0 Å². The maximum absolute atomic E-state index is 11.0. The number of allylic oxidation sites excluding steroid dienone is 2. The summed E-state index contributed by atoms with van der Waals surface area (Å²) in [6.45, 7) is 1.91. The predicted octanol–water partition coefficient (Wildman–Crippen LogP) is 1.18. The van der Waals surface area contributed by atoms with Crippen molar-refractivity contribution in [3.8, 4) is 0 Å². The Kier molecular flexibility index (Phi) is 1.79. The summed E-state index contributed by atoms with van der Waals surface area (Å²) >= 11 is 0. The van der Waals surface area contributed by atoms with Gasteiger partial charge < -0.3 is 4.90 Å². The maximum atomic E-state index is 11.0. The summed E-state index contributed by atoms with van der Waals surface area (Å²) in [5.74, 6) is 0.309. The first kappa shape index (κ1) is 7.32. The van der Waals surface area contributed by atoms with Gasteiger partial charge in [-0.1, -0.05) is 0 Å². The minimum Gasteiger partial charge on any atom is -0.381 e. The molecular weight excluding hydrogens is 126 g/mol. The molecule has 1 rings (SSSR count). The molecule has 2 heteroatoms. The molecule has 56 valence electrons. The molecule has 0 amide bonds. The van der Waals surface area contributed by atoms with Gasteiger partial charge in [-0.25, -0.2) is 0 Å². The molecule has 0 aromatic rings. The van der Waals surface area contributed by atoms with Crippen LogP contribution in [0.25, 0.3) is 0 Å². The molecule has 0 saturated heterocycles. The van der Waals surface area contributed by atoms with Gasteiger partial charge in [-0.2, -0.15) is 0 Å². The van der Waals surface area contributed by atoms with Crippen molar-refractivity contribution >= 4 is 5.78 Å². The van der Waals surface area contributed by atoms with Crippen LogP contribution in [-0.4, -0.2) is 24.8 Å². The van der Waals surface area contributed by atoms with E-state index in [-0.39, 0.29) is 0 Å². The van der Waals surface area contributed by atoms with E-state index in [1.54, 1.807) is 0 Å². The second kappa shape index (κ2) is 2.45. The van der Waals surface area contributed by atoms with Gasteiger partial charge in [0.25, 0.3) is 0 Å². The first-order chi connectivity index (χ1) is 4.63. The van der Waals surface area contributed by atoms with Crippen molar-refractivity contribution in [2.45, 2.75) is 19.8 Å². The molecule has 0 aromatic carbocycles. The third-order valence-electron chi connectivity index (χ3n) is 1.98. The van der Waals surface area contributed by atoms with Crippen LogP contribution in [0, 0.1) is 0 Å². The molecule has 0 radical (unpaired) electrons. The van der Waals surface area contributed by atoms with E-state index in [4.69, 9.17) is 0 Å². The van der Waals surface area contributed by atoms with E-state index < -0.39 is 0 Å². The summed E-state index contributed by atoms with van der Waals surface area (Å²) in [5, 5.41) is 0. The Hall–Kier alpha value is -0.790. The van der Waals surface area contributed by atoms with Crippen molar-refractivity contribution in [2.24, 2.45) is 0 Å². The summed E-state index contributed by atoms with van der Waals surface area (Å²) < 4.78 is 0. The molecule has 0 aliphatic heterocycles. The van der Waals surface area contributed by atoms with Gasteiger partial charge in [-0.15, -0.1) is 0 Å². The third-order valence-corrected chi connectivity index (χ3v) is 1.98. The smallest absolute Gasteiger partial charge is 0.160 e. The molecule has 1 aliphatic carbocycles. The normalized spacial score (nSPS) is 18.5. The highest BCUT2D eigenvalue weighted by Gasteiger charge is 2.19. The number of Topliss-reactive ketones (excluding diaryl/α,β-unsaturated/α-hetero) is 1. The van der Waals surface area contributed by atoms with Crippen LogP contribution in [0.5, 0.6) is 0 Å². The fourth-order valence-electron chi connectivity index (χ4n) is 1.33. The Morgan fingerprint density at radius 3 is 2.10 bits per heavy atom. The fourth-order valence-corrected chi connectivity index (χ4v) is 1.33. The van der Waals surface area contributed by atoms with Gasteiger partial charge in [0.15, 0.2) is 5.78 Å². The molecule has 1 aliphatic rings. The van der Waals surface area contributed by atoms with Gasteiger partial charge in [0.2, 0.25) is 0 Å². The van der Waals surface area contributed by atoms with Crippen molar-refractivity contribution < 1.29 is 4.79 Å². The van der Waals surface area contributed by atoms with Gasteiger partial charge in [0.1, 0.15) is 0 Å². The monoisotopic (exact) mass is 139 g/mol. The molecule has 10 heavy (non-hydrogen) atoms. The highest BCUT2D eigenvalue weighted by atomic mass is 16.1. The van der Waals surface area contributed by atoms with Crippen LogP contribution in [-0.2, 0) is 4.79 Å². The maximum Gasteiger partial charge on any atom is 0.160 e. The molecule has 0 spiro atoms.